The molecular formula is C14H20N4O2S. The zero-order valence-electron chi connectivity index (χ0n) is 12.4. The predicted molar refractivity (Wildman–Crippen MR) is 82.0 cm³/mol. The lowest BCUT2D eigenvalue weighted by Gasteiger charge is -2.25. The lowest BCUT2D eigenvalue weighted by atomic mass is 10.2. The molecule has 0 spiro atoms. The number of aromatic amines is 1. The maximum Gasteiger partial charge on any atom is 0.260 e. The van der Waals surface area contributed by atoms with Crippen molar-refractivity contribution < 1.29 is 8.42 Å². The second-order valence-corrected chi connectivity index (χ2v) is 7.08. The van der Waals surface area contributed by atoms with E-state index in [0.29, 0.717) is 18.1 Å². The van der Waals surface area contributed by atoms with Crippen LogP contribution in [0.15, 0.2) is 35.5 Å². The molecule has 1 aromatic heterocycles. The SMILES string of the molecule is Cc1ncc(S(=O)(=O)N(Cc2ccc(N)cc2)C(C)C)[nH]1. The number of anilines is 1. The maximum atomic E-state index is 12.7. The lowest BCUT2D eigenvalue weighted by Crippen LogP contribution is -2.36. The van der Waals surface area contributed by atoms with E-state index in [1.807, 2.05) is 26.0 Å². The van der Waals surface area contributed by atoms with Crippen LogP contribution < -0.4 is 5.73 Å². The van der Waals surface area contributed by atoms with Crippen molar-refractivity contribution in [2.45, 2.75) is 38.4 Å². The number of imidazole rings is 1. The van der Waals surface area contributed by atoms with Crippen molar-refractivity contribution in [3.63, 3.8) is 0 Å². The number of nitrogen functional groups attached to an aromatic ring is 1. The van der Waals surface area contributed by atoms with Crippen molar-refractivity contribution in [3.8, 4) is 0 Å². The number of aromatic nitrogens is 2. The van der Waals surface area contributed by atoms with Crippen molar-refractivity contribution in [1.29, 1.82) is 0 Å². The number of benzene rings is 1. The molecule has 0 aliphatic rings. The van der Waals surface area contributed by atoms with Crippen LogP contribution in [-0.2, 0) is 16.6 Å². The van der Waals surface area contributed by atoms with Gasteiger partial charge in [-0.25, -0.2) is 13.4 Å². The maximum absolute atomic E-state index is 12.7. The molecule has 0 amide bonds. The van der Waals surface area contributed by atoms with Gasteiger partial charge < -0.3 is 10.7 Å². The van der Waals surface area contributed by atoms with E-state index >= 15 is 0 Å². The Morgan fingerprint density at radius 3 is 2.38 bits per heavy atom. The van der Waals surface area contributed by atoms with E-state index in [1.54, 1.807) is 19.1 Å². The van der Waals surface area contributed by atoms with Crippen molar-refractivity contribution in [3.05, 3.63) is 41.9 Å². The minimum absolute atomic E-state index is 0.115. The van der Waals surface area contributed by atoms with Gasteiger partial charge in [-0.05, 0) is 38.5 Å². The Kier molecular flexibility index (Phi) is 4.34. The number of hydrogen-bond acceptors (Lipinski definition) is 4. The quantitative estimate of drug-likeness (QED) is 0.825. The van der Waals surface area contributed by atoms with Gasteiger partial charge in [-0.15, -0.1) is 0 Å². The van der Waals surface area contributed by atoms with E-state index in [0.717, 1.165) is 5.56 Å². The number of nitrogens with zero attached hydrogens (tertiary/aromatic N) is 2. The third kappa shape index (κ3) is 3.43. The van der Waals surface area contributed by atoms with Crippen LogP contribution in [0.2, 0.25) is 0 Å². The molecule has 3 N–H and O–H groups in total. The van der Waals surface area contributed by atoms with Gasteiger partial charge in [0.05, 0.1) is 6.20 Å². The zero-order chi connectivity index (χ0) is 15.6. The number of H-pyrrole nitrogens is 1. The summed E-state index contributed by atoms with van der Waals surface area (Å²) in [7, 11) is -3.60. The second-order valence-electron chi connectivity index (χ2n) is 5.22. The summed E-state index contributed by atoms with van der Waals surface area (Å²) < 4.78 is 26.8. The van der Waals surface area contributed by atoms with Gasteiger partial charge in [0.1, 0.15) is 5.82 Å². The highest BCUT2D eigenvalue weighted by Gasteiger charge is 2.28. The molecule has 7 heteroatoms. The molecule has 2 aromatic rings. The number of nitrogens with two attached hydrogens (primary N) is 1. The summed E-state index contributed by atoms with van der Waals surface area (Å²) in [4.78, 5) is 6.75. The van der Waals surface area contributed by atoms with Gasteiger partial charge in [0.15, 0.2) is 5.03 Å². The normalized spacial score (nSPS) is 12.2. The molecular weight excluding hydrogens is 288 g/mol. The highest BCUT2D eigenvalue weighted by molar-refractivity contribution is 7.89. The first-order chi connectivity index (χ1) is 9.80. The van der Waals surface area contributed by atoms with Crippen LogP contribution in [0.1, 0.15) is 25.2 Å². The number of nitrogens with one attached hydrogen (secondary N) is 1. The molecule has 1 aromatic carbocycles. The molecule has 1 heterocycles. The average molecular weight is 308 g/mol. The van der Waals surface area contributed by atoms with Crippen molar-refractivity contribution in [2.24, 2.45) is 0 Å². The van der Waals surface area contributed by atoms with E-state index in [9.17, 15) is 8.42 Å². The van der Waals surface area contributed by atoms with E-state index in [1.165, 1.54) is 10.5 Å². The first-order valence-electron chi connectivity index (χ1n) is 6.68. The topological polar surface area (TPSA) is 92.1 Å². The van der Waals surface area contributed by atoms with Crippen LogP contribution in [-0.4, -0.2) is 28.7 Å². The summed E-state index contributed by atoms with van der Waals surface area (Å²) in [6.45, 7) is 5.70. The fourth-order valence-corrected chi connectivity index (χ4v) is 3.59. The fraction of sp³-hybridized carbons (Fsp3) is 0.357. The Labute approximate surface area is 125 Å². The van der Waals surface area contributed by atoms with Gasteiger partial charge in [0, 0.05) is 18.3 Å². The number of hydrogen-bond donors (Lipinski definition) is 2. The number of aryl methyl sites for hydroxylation is 1. The Bertz CT molecular complexity index is 705. The van der Waals surface area contributed by atoms with Crippen LogP contribution in [0.25, 0.3) is 0 Å². The van der Waals surface area contributed by atoms with E-state index in [2.05, 4.69) is 9.97 Å². The lowest BCUT2D eigenvalue weighted by molar-refractivity contribution is 0.347. The zero-order valence-corrected chi connectivity index (χ0v) is 13.2. The predicted octanol–water partition coefficient (Wildman–Crippen LogP) is 1.90. The molecule has 0 unspecified atom stereocenters. The van der Waals surface area contributed by atoms with Crippen molar-refractivity contribution >= 4 is 15.7 Å². The second kappa shape index (κ2) is 5.87. The molecule has 114 valence electrons. The Morgan fingerprint density at radius 2 is 1.90 bits per heavy atom. The van der Waals surface area contributed by atoms with Gasteiger partial charge in [-0.1, -0.05) is 12.1 Å². The Hall–Kier alpha value is -1.86. The van der Waals surface area contributed by atoms with E-state index in [-0.39, 0.29) is 11.1 Å². The number of sulfonamides is 1. The summed E-state index contributed by atoms with van der Waals surface area (Å²) >= 11 is 0. The fourth-order valence-electron chi connectivity index (χ4n) is 2.00. The largest absolute Gasteiger partial charge is 0.399 e. The first-order valence-corrected chi connectivity index (χ1v) is 8.12. The van der Waals surface area contributed by atoms with Gasteiger partial charge in [0.25, 0.3) is 10.0 Å². The third-order valence-electron chi connectivity index (χ3n) is 3.16. The van der Waals surface area contributed by atoms with E-state index < -0.39 is 10.0 Å². The van der Waals surface area contributed by atoms with Crippen LogP contribution >= 0.6 is 0 Å². The smallest absolute Gasteiger partial charge is 0.260 e. The van der Waals surface area contributed by atoms with Gasteiger partial charge in [-0.2, -0.15) is 4.31 Å². The molecule has 21 heavy (non-hydrogen) atoms. The molecule has 2 rings (SSSR count). The highest BCUT2D eigenvalue weighted by atomic mass is 32.2. The van der Waals surface area contributed by atoms with Crippen molar-refractivity contribution in [1.82, 2.24) is 14.3 Å². The minimum atomic E-state index is -3.60. The monoisotopic (exact) mass is 308 g/mol. The Balaban J connectivity index is 2.32. The number of rotatable bonds is 5. The summed E-state index contributed by atoms with van der Waals surface area (Å²) in [5, 5.41) is 0.115. The first kappa shape index (κ1) is 15.5. The van der Waals surface area contributed by atoms with Gasteiger partial charge >= 0.3 is 0 Å². The van der Waals surface area contributed by atoms with Crippen LogP contribution in [0.3, 0.4) is 0 Å². The third-order valence-corrected chi connectivity index (χ3v) is 5.09. The van der Waals surface area contributed by atoms with E-state index in [4.69, 9.17) is 5.73 Å². The molecule has 0 aliphatic carbocycles. The van der Waals surface area contributed by atoms with Crippen LogP contribution in [0.4, 0.5) is 5.69 Å². The summed E-state index contributed by atoms with van der Waals surface area (Å²) in [5.74, 6) is 0.574. The molecule has 0 radical (unpaired) electrons. The van der Waals surface area contributed by atoms with Crippen LogP contribution in [0.5, 0.6) is 0 Å². The molecule has 0 bridgehead atoms. The van der Waals surface area contributed by atoms with Gasteiger partial charge in [0.2, 0.25) is 0 Å². The summed E-state index contributed by atoms with van der Waals surface area (Å²) in [5.41, 5.74) is 7.19. The molecule has 6 nitrogen and oxygen atoms in total. The standard InChI is InChI=1S/C14H20N4O2S/c1-10(2)18(9-12-4-6-13(15)7-5-12)21(19,20)14-8-16-11(3)17-14/h4-8,10H,9,15H2,1-3H3,(H,16,17). The molecule has 0 saturated carbocycles. The van der Waals surface area contributed by atoms with Crippen LogP contribution in [0, 0.1) is 6.92 Å². The molecule has 0 saturated heterocycles. The average Bonchev–Trinajstić information content (AvgIpc) is 2.85. The molecule has 0 atom stereocenters. The molecule has 0 aliphatic heterocycles. The minimum Gasteiger partial charge on any atom is -0.399 e. The van der Waals surface area contributed by atoms with Crippen molar-refractivity contribution in [2.75, 3.05) is 5.73 Å². The molecule has 0 fully saturated rings. The summed E-state index contributed by atoms with van der Waals surface area (Å²) in [6.07, 6.45) is 1.35. The van der Waals surface area contributed by atoms with Gasteiger partial charge in [-0.3, -0.25) is 0 Å². The Morgan fingerprint density at radius 1 is 1.29 bits per heavy atom. The highest BCUT2D eigenvalue weighted by Crippen LogP contribution is 2.20. The summed E-state index contributed by atoms with van der Waals surface area (Å²) in [6, 6.07) is 7.02.